The van der Waals surface area contributed by atoms with Crippen LogP contribution in [0.4, 0.5) is 13.2 Å². The third-order valence-electron chi connectivity index (χ3n) is 1.77. The third-order valence-corrected chi connectivity index (χ3v) is 1.77. The Bertz CT molecular complexity index is 324. The molecule has 1 aromatic carbocycles. The maximum atomic E-state index is 12.3. The lowest BCUT2D eigenvalue weighted by Gasteiger charge is -2.07. The van der Waals surface area contributed by atoms with Gasteiger partial charge in [-0.3, -0.25) is 0 Å². The molecule has 0 saturated carbocycles. The first kappa shape index (κ1) is 10.8. The number of hydrogen-bond donors (Lipinski definition) is 0. The van der Waals surface area contributed by atoms with E-state index < -0.39 is 11.7 Å². The molecule has 0 N–H and O–H groups in total. The summed E-state index contributed by atoms with van der Waals surface area (Å²) in [4.78, 5) is 0. The van der Waals surface area contributed by atoms with Gasteiger partial charge in [-0.25, -0.2) is 0 Å². The zero-order valence-electron chi connectivity index (χ0n) is 7.51. The molecule has 0 aliphatic carbocycles. The highest BCUT2D eigenvalue weighted by molar-refractivity contribution is 5.27. The predicted octanol–water partition coefficient (Wildman–Crippen LogP) is 3.64. The van der Waals surface area contributed by atoms with Gasteiger partial charge in [0.05, 0.1) is 5.56 Å². The fourth-order valence-corrected chi connectivity index (χ4v) is 1.09. The first-order valence-electron chi connectivity index (χ1n) is 4.14. The average Bonchev–Trinajstić information content (AvgIpc) is 2.14. The van der Waals surface area contributed by atoms with Crippen molar-refractivity contribution in [3.63, 3.8) is 0 Å². The molecule has 0 fully saturated rings. The van der Waals surface area contributed by atoms with Gasteiger partial charge in [-0.05, 0) is 25.0 Å². The molecule has 0 saturated heterocycles. The summed E-state index contributed by atoms with van der Waals surface area (Å²) in [6.45, 7) is 3.47. The lowest BCUT2D eigenvalue weighted by Crippen LogP contribution is -2.04. The first-order chi connectivity index (χ1) is 6.54. The van der Waals surface area contributed by atoms with Gasteiger partial charge in [0.25, 0.3) is 0 Å². The molecule has 0 nitrogen and oxygen atoms in total. The molecule has 0 aliphatic rings. The van der Waals surface area contributed by atoms with Crippen LogP contribution >= 0.6 is 0 Å². The fraction of sp³-hybridized carbons (Fsp3) is 0.182. The Kier molecular flexibility index (Phi) is 3.33. The van der Waals surface area contributed by atoms with Gasteiger partial charge in [0, 0.05) is 0 Å². The Labute approximate surface area is 81.1 Å². The number of hydrogen-bond acceptors (Lipinski definition) is 0. The van der Waals surface area contributed by atoms with Gasteiger partial charge in [0.15, 0.2) is 0 Å². The van der Waals surface area contributed by atoms with E-state index in [1.54, 1.807) is 18.2 Å². The lowest BCUT2D eigenvalue weighted by molar-refractivity contribution is -0.137. The Morgan fingerprint density at radius 1 is 1.29 bits per heavy atom. The van der Waals surface area contributed by atoms with Crippen molar-refractivity contribution < 1.29 is 13.2 Å². The van der Waals surface area contributed by atoms with Gasteiger partial charge in [-0.1, -0.05) is 30.4 Å². The summed E-state index contributed by atoms with van der Waals surface area (Å²) in [5, 5.41) is 0. The minimum Gasteiger partial charge on any atom is -0.166 e. The molecule has 1 radical (unpaired) electrons. The summed E-state index contributed by atoms with van der Waals surface area (Å²) in [5.74, 6) is 0. The van der Waals surface area contributed by atoms with Crippen LogP contribution in [0.15, 0.2) is 36.4 Å². The topological polar surface area (TPSA) is 0 Å². The minimum atomic E-state index is -4.26. The molecule has 1 aromatic rings. The van der Waals surface area contributed by atoms with Gasteiger partial charge in [0.1, 0.15) is 0 Å². The number of halogens is 3. The molecule has 0 unspecified atom stereocenters. The second-order valence-corrected chi connectivity index (χ2v) is 2.87. The highest BCUT2D eigenvalue weighted by Gasteiger charge is 2.30. The predicted molar refractivity (Wildman–Crippen MR) is 49.6 cm³/mol. The van der Waals surface area contributed by atoms with E-state index in [9.17, 15) is 13.2 Å². The molecular formula is C11H10F3. The minimum absolute atomic E-state index is 0.480. The Morgan fingerprint density at radius 2 is 2.00 bits per heavy atom. The van der Waals surface area contributed by atoms with Crippen LogP contribution in [0.2, 0.25) is 0 Å². The van der Waals surface area contributed by atoms with Crippen LogP contribution in [0.25, 0.3) is 0 Å². The Balaban J connectivity index is 2.90. The van der Waals surface area contributed by atoms with E-state index in [1.807, 2.05) is 0 Å². The van der Waals surface area contributed by atoms with E-state index in [2.05, 4.69) is 6.92 Å². The summed E-state index contributed by atoms with van der Waals surface area (Å²) in [6, 6.07) is 5.29. The molecular weight excluding hydrogens is 189 g/mol. The summed E-state index contributed by atoms with van der Waals surface area (Å²) < 4.78 is 36.8. The molecule has 3 heteroatoms. The van der Waals surface area contributed by atoms with Crippen LogP contribution < -0.4 is 0 Å². The standard InChI is InChI=1S/C11H10F3/c1-2-3-5-9-6-4-7-10(8-9)11(12,13)14/h2-4,6-8H,1,5H2/b3-2+. The summed E-state index contributed by atoms with van der Waals surface area (Å²) in [7, 11) is 0. The van der Waals surface area contributed by atoms with Crippen molar-refractivity contribution >= 4 is 0 Å². The van der Waals surface area contributed by atoms with Gasteiger partial charge in [-0.2, -0.15) is 13.2 Å². The lowest BCUT2D eigenvalue weighted by atomic mass is 10.1. The largest absolute Gasteiger partial charge is 0.416 e. The maximum Gasteiger partial charge on any atom is 0.416 e. The molecule has 0 heterocycles. The second-order valence-electron chi connectivity index (χ2n) is 2.87. The molecule has 14 heavy (non-hydrogen) atoms. The molecule has 0 atom stereocenters. The van der Waals surface area contributed by atoms with E-state index in [0.29, 0.717) is 12.0 Å². The molecule has 75 valence electrons. The summed E-state index contributed by atoms with van der Waals surface area (Å²) >= 11 is 0. The van der Waals surface area contributed by atoms with Gasteiger partial charge in [-0.15, -0.1) is 0 Å². The molecule has 0 aromatic heterocycles. The van der Waals surface area contributed by atoms with Gasteiger partial charge in [0.2, 0.25) is 0 Å². The van der Waals surface area contributed by atoms with Crippen LogP contribution in [0.1, 0.15) is 11.1 Å². The van der Waals surface area contributed by atoms with E-state index >= 15 is 0 Å². The van der Waals surface area contributed by atoms with E-state index in [1.165, 1.54) is 6.07 Å². The zero-order valence-corrected chi connectivity index (χ0v) is 7.51. The number of rotatable bonds is 2. The summed E-state index contributed by atoms with van der Waals surface area (Å²) in [5.41, 5.74) is 0.0344. The Hall–Kier alpha value is -1.25. The second kappa shape index (κ2) is 4.31. The smallest absolute Gasteiger partial charge is 0.166 e. The molecule has 0 aliphatic heterocycles. The number of allylic oxidation sites excluding steroid dienone is 2. The van der Waals surface area contributed by atoms with Crippen molar-refractivity contribution in [3.05, 3.63) is 54.5 Å². The molecule has 1 rings (SSSR count). The van der Waals surface area contributed by atoms with Gasteiger partial charge < -0.3 is 0 Å². The van der Waals surface area contributed by atoms with E-state index in [0.717, 1.165) is 12.1 Å². The normalized spacial score (nSPS) is 12.3. The quantitative estimate of drug-likeness (QED) is 0.682. The van der Waals surface area contributed by atoms with Crippen LogP contribution in [0.3, 0.4) is 0 Å². The number of alkyl halides is 3. The van der Waals surface area contributed by atoms with Crippen LogP contribution in [0, 0.1) is 6.92 Å². The molecule has 0 spiro atoms. The van der Waals surface area contributed by atoms with Crippen molar-refractivity contribution in [1.29, 1.82) is 0 Å². The van der Waals surface area contributed by atoms with Crippen LogP contribution in [-0.2, 0) is 12.6 Å². The van der Waals surface area contributed by atoms with Crippen molar-refractivity contribution in [3.8, 4) is 0 Å². The van der Waals surface area contributed by atoms with Crippen molar-refractivity contribution in [1.82, 2.24) is 0 Å². The maximum absolute atomic E-state index is 12.3. The van der Waals surface area contributed by atoms with Crippen molar-refractivity contribution in [2.75, 3.05) is 0 Å². The monoisotopic (exact) mass is 199 g/mol. The van der Waals surface area contributed by atoms with Crippen LogP contribution in [-0.4, -0.2) is 0 Å². The zero-order chi connectivity index (χ0) is 10.6. The van der Waals surface area contributed by atoms with Crippen molar-refractivity contribution in [2.45, 2.75) is 12.6 Å². The SMILES string of the molecule is [CH2]/C=C/Cc1cccc(C(F)(F)F)c1. The van der Waals surface area contributed by atoms with Gasteiger partial charge >= 0.3 is 6.18 Å². The average molecular weight is 199 g/mol. The fourth-order valence-electron chi connectivity index (χ4n) is 1.09. The highest BCUT2D eigenvalue weighted by Crippen LogP contribution is 2.29. The molecule has 0 bridgehead atoms. The Morgan fingerprint density at radius 3 is 2.57 bits per heavy atom. The van der Waals surface area contributed by atoms with E-state index in [4.69, 9.17) is 0 Å². The van der Waals surface area contributed by atoms with Crippen molar-refractivity contribution in [2.24, 2.45) is 0 Å². The first-order valence-corrected chi connectivity index (χ1v) is 4.14. The summed E-state index contributed by atoms with van der Waals surface area (Å²) in [6.07, 6.45) is -0.493. The third kappa shape index (κ3) is 2.91. The van der Waals surface area contributed by atoms with E-state index in [-0.39, 0.29) is 0 Å². The van der Waals surface area contributed by atoms with Crippen LogP contribution in [0.5, 0.6) is 0 Å². The highest BCUT2D eigenvalue weighted by atomic mass is 19.4. The number of benzene rings is 1. The molecule has 0 amide bonds.